The van der Waals surface area contributed by atoms with Crippen molar-refractivity contribution in [3.63, 3.8) is 0 Å². The molecular weight excluding hydrogens is 308 g/mol. The van der Waals surface area contributed by atoms with Gasteiger partial charge in [-0.3, -0.25) is 4.79 Å². The number of rotatable bonds is 2. The number of benzene rings is 2. The van der Waals surface area contributed by atoms with E-state index >= 15 is 0 Å². The number of Topliss-reactive ketones (excluding diaryl/α,β-unsaturated/α-hetero) is 1. The van der Waals surface area contributed by atoms with Crippen LogP contribution in [0.15, 0.2) is 54.1 Å². The molecule has 0 spiro atoms. The second-order valence-electron chi connectivity index (χ2n) is 7.47. The van der Waals surface area contributed by atoms with Gasteiger partial charge in [0.15, 0.2) is 5.78 Å². The van der Waals surface area contributed by atoms with Gasteiger partial charge in [-0.05, 0) is 72.1 Å². The molecule has 1 fully saturated rings. The molecule has 0 aliphatic heterocycles. The van der Waals surface area contributed by atoms with Crippen LogP contribution in [0.1, 0.15) is 49.3 Å². The van der Waals surface area contributed by atoms with Crippen molar-refractivity contribution in [1.29, 1.82) is 0 Å². The summed E-state index contributed by atoms with van der Waals surface area (Å²) in [5.41, 5.74) is 4.67. The van der Waals surface area contributed by atoms with Crippen molar-refractivity contribution < 1.29 is 9.90 Å². The minimum atomic E-state index is 0.0236. The van der Waals surface area contributed by atoms with E-state index in [1.165, 1.54) is 11.1 Å². The Kier molecular flexibility index (Phi) is 3.99. The lowest BCUT2D eigenvalue weighted by Crippen LogP contribution is -2.44. The fraction of sp³-hybridized carbons (Fsp3) is 0.348. The molecule has 1 N–H and O–H groups in total. The minimum Gasteiger partial charge on any atom is -0.508 e. The number of hydrogen-bond acceptors (Lipinski definition) is 2. The lowest BCUT2D eigenvalue weighted by Gasteiger charge is -2.48. The highest BCUT2D eigenvalue weighted by Crippen LogP contribution is 2.53. The number of hydrogen-bond donors (Lipinski definition) is 1. The van der Waals surface area contributed by atoms with Crippen LogP contribution in [0.4, 0.5) is 0 Å². The van der Waals surface area contributed by atoms with E-state index in [-0.39, 0.29) is 5.41 Å². The van der Waals surface area contributed by atoms with E-state index in [0.717, 1.165) is 36.8 Å². The van der Waals surface area contributed by atoms with Crippen molar-refractivity contribution in [2.24, 2.45) is 5.92 Å². The van der Waals surface area contributed by atoms with Crippen LogP contribution in [0.5, 0.6) is 5.75 Å². The third-order valence-electron chi connectivity index (χ3n) is 6.24. The Morgan fingerprint density at radius 3 is 2.76 bits per heavy atom. The molecule has 1 saturated carbocycles. The molecule has 2 aromatic carbocycles. The van der Waals surface area contributed by atoms with Crippen molar-refractivity contribution in [3.8, 4) is 5.75 Å². The molecule has 2 aromatic rings. The molecule has 2 atom stereocenters. The van der Waals surface area contributed by atoms with Crippen molar-refractivity contribution >= 4 is 11.9 Å². The van der Waals surface area contributed by atoms with E-state index in [4.69, 9.17) is 0 Å². The number of phenols is 1. The first-order valence-corrected chi connectivity index (χ1v) is 9.23. The van der Waals surface area contributed by atoms with Gasteiger partial charge in [0.2, 0.25) is 0 Å². The zero-order valence-electron chi connectivity index (χ0n) is 14.7. The van der Waals surface area contributed by atoms with Crippen LogP contribution in [0, 0.1) is 5.92 Å². The number of allylic oxidation sites excluding steroid dienone is 1. The van der Waals surface area contributed by atoms with Crippen LogP contribution in [0.3, 0.4) is 0 Å². The Hall–Kier alpha value is -2.35. The van der Waals surface area contributed by atoms with Crippen LogP contribution >= 0.6 is 0 Å². The van der Waals surface area contributed by atoms with Crippen LogP contribution in [-0.2, 0) is 16.6 Å². The Bertz CT molecular complexity index is 834. The maximum absolute atomic E-state index is 12.8. The molecule has 2 heteroatoms. The molecule has 0 bridgehead atoms. The standard InChI is InChI=1S/C23H24O2/c1-2-23-15-18(12-16-6-4-3-5-7-16)22(25)14-19(23)9-8-17-13-20(24)10-11-21(17)23/h3-7,10-13,19,24H,2,8-9,14-15H2,1H3/b18-12+/t19-,23-/m1/s1. The number of fused-ring (bicyclic) bond motifs is 3. The van der Waals surface area contributed by atoms with Gasteiger partial charge >= 0.3 is 0 Å². The number of carbonyl (C=O) groups excluding carboxylic acids is 1. The van der Waals surface area contributed by atoms with Crippen LogP contribution in [0.2, 0.25) is 0 Å². The highest BCUT2D eigenvalue weighted by molar-refractivity contribution is 6.01. The molecule has 0 radical (unpaired) electrons. The lowest BCUT2D eigenvalue weighted by molar-refractivity contribution is -0.119. The maximum atomic E-state index is 12.8. The van der Waals surface area contributed by atoms with Crippen molar-refractivity contribution in [2.45, 2.75) is 44.4 Å². The van der Waals surface area contributed by atoms with E-state index < -0.39 is 0 Å². The number of aryl methyl sites for hydroxylation is 1. The molecular formula is C23H24O2. The molecule has 2 aliphatic rings. The zero-order chi connectivity index (χ0) is 17.4. The third kappa shape index (κ3) is 2.70. The SMILES string of the molecule is CC[C@@]12C/C(=C\c3ccccc3)C(=O)C[C@H]1CCc1cc(O)ccc12. The first-order chi connectivity index (χ1) is 12.1. The first kappa shape index (κ1) is 16.1. The lowest BCUT2D eigenvalue weighted by atomic mass is 9.55. The average molecular weight is 332 g/mol. The van der Waals surface area contributed by atoms with Gasteiger partial charge in [0.05, 0.1) is 0 Å². The Labute approximate surface area is 149 Å². The van der Waals surface area contributed by atoms with Crippen molar-refractivity contribution in [3.05, 3.63) is 70.8 Å². The van der Waals surface area contributed by atoms with Gasteiger partial charge in [-0.1, -0.05) is 43.3 Å². The van der Waals surface area contributed by atoms with Crippen LogP contribution < -0.4 is 0 Å². The predicted octanol–water partition coefficient (Wildman–Crippen LogP) is 5.05. The van der Waals surface area contributed by atoms with Gasteiger partial charge < -0.3 is 5.11 Å². The minimum absolute atomic E-state index is 0.0236. The summed E-state index contributed by atoms with van der Waals surface area (Å²) in [5.74, 6) is 1.06. The van der Waals surface area contributed by atoms with Gasteiger partial charge in [0.25, 0.3) is 0 Å². The molecule has 0 unspecified atom stereocenters. The summed E-state index contributed by atoms with van der Waals surface area (Å²) >= 11 is 0. The number of aromatic hydroxyl groups is 1. The number of phenolic OH excluding ortho intramolecular Hbond substituents is 1. The van der Waals surface area contributed by atoms with E-state index in [9.17, 15) is 9.90 Å². The fourth-order valence-corrected chi connectivity index (χ4v) is 4.92. The summed E-state index contributed by atoms with van der Waals surface area (Å²) in [5, 5.41) is 9.86. The van der Waals surface area contributed by atoms with Gasteiger partial charge in [-0.15, -0.1) is 0 Å². The molecule has 4 rings (SSSR count). The van der Waals surface area contributed by atoms with Gasteiger partial charge in [0.1, 0.15) is 5.75 Å². The summed E-state index contributed by atoms with van der Waals surface area (Å²) in [6, 6.07) is 15.9. The summed E-state index contributed by atoms with van der Waals surface area (Å²) < 4.78 is 0. The normalized spacial score (nSPS) is 27.0. The molecule has 128 valence electrons. The average Bonchev–Trinajstić information content (AvgIpc) is 2.63. The first-order valence-electron chi connectivity index (χ1n) is 9.23. The van der Waals surface area contributed by atoms with E-state index in [0.29, 0.717) is 23.9 Å². The monoisotopic (exact) mass is 332 g/mol. The van der Waals surface area contributed by atoms with Crippen LogP contribution in [0.25, 0.3) is 6.08 Å². The topological polar surface area (TPSA) is 37.3 Å². The zero-order valence-corrected chi connectivity index (χ0v) is 14.7. The predicted molar refractivity (Wildman–Crippen MR) is 101 cm³/mol. The fourth-order valence-electron chi connectivity index (χ4n) is 4.92. The van der Waals surface area contributed by atoms with E-state index in [1.54, 1.807) is 6.07 Å². The summed E-state index contributed by atoms with van der Waals surface area (Å²) in [4.78, 5) is 12.8. The molecule has 0 amide bonds. The Balaban J connectivity index is 1.79. The quantitative estimate of drug-likeness (QED) is 0.782. The van der Waals surface area contributed by atoms with Crippen molar-refractivity contribution in [2.75, 3.05) is 0 Å². The number of ketones is 1. The highest BCUT2D eigenvalue weighted by atomic mass is 16.3. The highest BCUT2D eigenvalue weighted by Gasteiger charge is 2.47. The smallest absolute Gasteiger partial charge is 0.159 e. The van der Waals surface area contributed by atoms with E-state index in [1.807, 2.05) is 24.3 Å². The third-order valence-corrected chi connectivity index (χ3v) is 6.24. The van der Waals surface area contributed by atoms with Gasteiger partial charge in [-0.2, -0.15) is 0 Å². The Morgan fingerprint density at radius 1 is 1.20 bits per heavy atom. The van der Waals surface area contributed by atoms with Crippen molar-refractivity contribution in [1.82, 2.24) is 0 Å². The molecule has 25 heavy (non-hydrogen) atoms. The number of carbonyl (C=O) groups is 1. The Morgan fingerprint density at radius 2 is 2.00 bits per heavy atom. The molecule has 2 nitrogen and oxygen atoms in total. The summed E-state index contributed by atoms with van der Waals surface area (Å²) in [6.07, 6.45) is 6.54. The summed E-state index contributed by atoms with van der Waals surface area (Å²) in [6.45, 7) is 2.24. The van der Waals surface area contributed by atoms with Crippen LogP contribution in [-0.4, -0.2) is 10.9 Å². The largest absolute Gasteiger partial charge is 0.508 e. The second-order valence-corrected chi connectivity index (χ2v) is 7.47. The van der Waals surface area contributed by atoms with Gasteiger partial charge in [-0.25, -0.2) is 0 Å². The molecule has 0 aromatic heterocycles. The molecule has 2 aliphatic carbocycles. The summed E-state index contributed by atoms with van der Waals surface area (Å²) in [7, 11) is 0. The van der Waals surface area contributed by atoms with E-state index in [2.05, 4.69) is 31.2 Å². The molecule has 0 heterocycles. The molecule has 0 saturated heterocycles. The van der Waals surface area contributed by atoms with Gasteiger partial charge in [0, 0.05) is 11.8 Å². The second kappa shape index (κ2) is 6.18. The maximum Gasteiger partial charge on any atom is 0.159 e.